The van der Waals surface area contributed by atoms with Gasteiger partial charge in [-0.05, 0) is 47.5 Å². The Morgan fingerprint density at radius 2 is 2.10 bits per heavy atom. The summed E-state index contributed by atoms with van der Waals surface area (Å²) in [7, 11) is 0. The lowest BCUT2D eigenvalue weighted by atomic mass is 10.2. The summed E-state index contributed by atoms with van der Waals surface area (Å²) in [5, 5.41) is 11.9. The molecule has 0 bridgehead atoms. The molecule has 0 saturated heterocycles. The van der Waals surface area contributed by atoms with Gasteiger partial charge in [-0.2, -0.15) is 0 Å². The van der Waals surface area contributed by atoms with E-state index in [2.05, 4.69) is 21.2 Å². The Bertz CT molecular complexity index is 523. The predicted molar refractivity (Wildman–Crippen MR) is 82.4 cm³/mol. The van der Waals surface area contributed by atoms with Crippen LogP contribution in [0.4, 0.5) is 10.5 Å². The highest BCUT2D eigenvalue weighted by atomic mass is 79.9. The third-order valence-electron chi connectivity index (χ3n) is 2.75. The summed E-state index contributed by atoms with van der Waals surface area (Å²) >= 11 is 9.38. The maximum absolute atomic E-state index is 12.1. The van der Waals surface area contributed by atoms with Crippen LogP contribution in [0.25, 0.3) is 0 Å². The molecule has 0 aliphatic heterocycles. The van der Waals surface area contributed by atoms with E-state index < -0.39 is 5.97 Å². The van der Waals surface area contributed by atoms with E-state index in [1.54, 1.807) is 13.0 Å². The zero-order valence-electron chi connectivity index (χ0n) is 11.2. The maximum atomic E-state index is 12.1. The Labute approximate surface area is 131 Å². The summed E-state index contributed by atoms with van der Waals surface area (Å²) < 4.78 is 0.724. The normalized spacial score (nSPS) is 10.2. The predicted octanol–water partition coefficient (Wildman–Crippen LogP) is 3.74. The number of aryl methyl sites for hydroxylation is 1. The first-order chi connectivity index (χ1) is 9.35. The Balaban J connectivity index is 2.78. The van der Waals surface area contributed by atoms with Crippen molar-refractivity contribution in [3.05, 3.63) is 27.2 Å². The third-order valence-corrected chi connectivity index (χ3v) is 3.82. The maximum Gasteiger partial charge on any atom is 0.321 e. The second kappa shape index (κ2) is 7.50. The number of hydrogen-bond acceptors (Lipinski definition) is 2. The minimum atomic E-state index is -0.934. The monoisotopic (exact) mass is 362 g/mol. The molecular formula is C13H16BrClN2O3. The first-order valence-electron chi connectivity index (χ1n) is 6.08. The number of benzene rings is 1. The molecule has 2 amide bonds. The van der Waals surface area contributed by atoms with E-state index in [-0.39, 0.29) is 19.0 Å². The van der Waals surface area contributed by atoms with Gasteiger partial charge in [-0.25, -0.2) is 4.79 Å². The van der Waals surface area contributed by atoms with Crippen LogP contribution in [0.1, 0.15) is 18.9 Å². The molecule has 110 valence electrons. The molecule has 1 aromatic carbocycles. The molecule has 0 fully saturated rings. The van der Waals surface area contributed by atoms with Crippen LogP contribution in [-0.2, 0) is 4.79 Å². The van der Waals surface area contributed by atoms with Gasteiger partial charge in [0.2, 0.25) is 0 Å². The van der Waals surface area contributed by atoms with Crippen molar-refractivity contribution >= 4 is 45.2 Å². The van der Waals surface area contributed by atoms with Gasteiger partial charge in [0.1, 0.15) is 0 Å². The Morgan fingerprint density at radius 3 is 2.65 bits per heavy atom. The first kappa shape index (κ1) is 16.8. The highest BCUT2D eigenvalue weighted by Gasteiger charge is 2.15. The number of nitrogens with one attached hydrogen (secondary N) is 1. The minimum Gasteiger partial charge on any atom is -0.481 e. The number of carbonyl (C=O) groups is 2. The van der Waals surface area contributed by atoms with Gasteiger partial charge in [0.25, 0.3) is 0 Å². The molecular weight excluding hydrogens is 348 g/mol. The van der Waals surface area contributed by atoms with Crippen molar-refractivity contribution in [2.45, 2.75) is 20.3 Å². The summed E-state index contributed by atoms with van der Waals surface area (Å²) in [4.78, 5) is 24.0. The molecule has 0 aromatic heterocycles. The van der Waals surface area contributed by atoms with E-state index in [1.165, 1.54) is 4.90 Å². The number of nitrogens with zero attached hydrogens (tertiary/aromatic N) is 1. The Morgan fingerprint density at radius 1 is 1.45 bits per heavy atom. The van der Waals surface area contributed by atoms with Gasteiger partial charge in [-0.1, -0.05) is 11.6 Å². The number of carboxylic acids is 1. The number of carboxylic acid groups (broad SMARTS) is 1. The van der Waals surface area contributed by atoms with Crippen LogP contribution in [0.3, 0.4) is 0 Å². The summed E-state index contributed by atoms with van der Waals surface area (Å²) in [5.41, 5.74) is 1.45. The second-order valence-electron chi connectivity index (χ2n) is 4.23. The molecule has 0 heterocycles. The average Bonchev–Trinajstić information content (AvgIpc) is 2.36. The average molecular weight is 364 g/mol. The van der Waals surface area contributed by atoms with Crippen molar-refractivity contribution in [2.75, 3.05) is 18.4 Å². The number of aliphatic carboxylic acids is 1. The highest BCUT2D eigenvalue weighted by molar-refractivity contribution is 9.10. The highest BCUT2D eigenvalue weighted by Crippen LogP contribution is 2.29. The van der Waals surface area contributed by atoms with Crippen molar-refractivity contribution in [2.24, 2.45) is 0 Å². The summed E-state index contributed by atoms with van der Waals surface area (Å²) in [6.07, 6.45) is -0.0862. The molecule has 1 rings (SSSR count). The molecule has 0 aliphatic carbocycles. The summed E-state index contributed by atoms with van der Waals surface area (Å²) in [6, 6.07) is 3.12. The molecule has 0 spiro atoms. The van der Waals surface area contributed by atoms with Crippen molar-refractivity contribution in [1.29, 1.82) is 0 Å². The summed E-state index contributed by atoms with van der Waals surface area (Å²) in [6.45, 7) is 4.24. The number of anilines is 1. The van der Waals surface area contributed by atoms with E-state index in [0.29, 0.717) is 17.3 Å². The Kier molecular flexibility index (Phi) is 6.29. The van der Waals surface area contributed by atoms with Crippen LogP contribution in [-0.4, -0.2) is 35.1 Å². The van der Waals surface area contributed by atoms with Crippen LogP contribution >= 0.6 is 27.5 Å². The van der Waals surface area contributed by atoms with Crippen molar-refractivity contribution in [3.63, 3.8) is 0 Å². The SMILES string of the molecule is CCN(CCC(=O)O)C(=O)Nc1cc(Cl)c(C)cc1Br. The van der Waals surface area contributed by atoms with Gasteiger partial charge in [0.05, 0.1) is 12.1 Å². The van der Waals surface area contributed by atoms with Gasteiger partial charge in [-0.3, -0.25) is 4.79 Å². The molecule has 0 unspecified atom stereocenters. The third kappa shape index (κ3) is 4.68. The number of carbonyl (C=O) groups excluding carboxylic acids is 1. The van der Waals surface area contributed by atoms with E-state index in [0.717, 1.165) is 10.0 Å². The number of hydrogen-bond donors (Lipinski definition) is 2. The second-order valence-corrected chi connectivity index (χ2v) is 5.50. The van der Waals surface area contributed by atoms with Crippen LogP contribution in [0.15, 0.2) is 16.6 Å². The number of rotatable bonds is 5. The molecule has 0 atom stereocenters. The molecule has 2 N–H and O–H groups in total. The molecule has 0 saturated carbocycles. The summed E-state index contributed by atoms with van der Waals surface area (Å²) in [5.74, 6) is -0.934. The fraction of sp³-hybridized carbons (Fsp3) is 0.385. The quantitative estimate of drug-likeness (QED) is 0.837. The van der Waals surface area contributed by atoms with Crippen LogP contribution in [0.5, 0.6) is 0 Å². The molecule has 7 heteroatoms. The van der Waals surface area contributed by atoms with Gasteiger partial charge in [-0.15, -0.1) is 0 Å². The van der Waals surface area contributed by atoms with Crippen LogP contribution in [0.2, 0.25) is 5.02 Å². The molecule has 1 aromatic rings. The van der Waals surface area contributed by atoms with Crippen LogP contribution in [0, 0.1) is 6.92 Å². The molecule has 0 aliphatic rings. The van der Waals surface area contributed by atoms with Gasteiger partial charge < -0.3 is 15.3 Å². The lowest BCUT2D eigenvalue weighted by Crippen LogP contribution is -2.36. The number of urea groups is 1. The molecule has 5 nitrogen and oxygen atoms in total. The topological polar surface area (TPSA) is 69.6 Å². The smallest absolute Gasteiger partial charge is 0.321 e. The van der Waals surface area contributed by atoms with E-state index in [1.807, 2.05) is 13.0 Å². The molecule has 20 heavy (non-hydrogen) atoms. The largest absolute Gasteiger partial charge is 0.481 e. The number of halogens is 2. The fourth-order valence-corrected chi connectivity index (χ4v) is 2.29. The lowest BCUT2D eigenvalue weighted by Gasteiger charge is -2.21. The fourth-order valence-electron chi connectivity index (χ4n) is 1.57. The standard InChI is InChI=1S/C13H16BrClN2O3/c1-3-17(5-4-12(18)19)13(20)16-11-7-10(15)8(2)6-9(11)14/h6-7H,3-5H2,1-2H3,(H,16,20)(H,18,19). The zero-order chi connectivity index (χ0) is 15.3. The van der Waals surface area contributed by atoms with Crippen molar-refractivity contribution in [3.8, 4) is 0 Å². The van der Waals surface area contributed by atoms with Gasteiger partial charge in [0.15, 0.2) is 0 Å². The van der Waals surface area contributed by atoms with E-state index in [4.69, 9.17) is 16.7 Å². The van der Waals surface area contributed by atoms with Crippen molar-refractivity contribution < 1.29 is 14.7 Å². The lowest BCUT2D eigenvalue weighted by molar-refractivity contribution is -0.137. The first-order valence-corrected chi connectivity index (χ1v) is 7.25. The van der Waals surface area contributed by atoms with Gasteiger partial charge in [0, 0.05) is 22.6 Å². The van der Waals surface area contributed by atoms with E-state index in [9.17, 15) is 9.59 Å². The van der Waals surface area contributed by atoms with E-state index >= 15 is 0 Å². The number of amides is 2. The zero-order valence-corrected chi connectivity index (χ0v) is 13.6. The van der Waals surface area contributed by atoms with Crippen molar-refractivity contribution in [1.82, 2.24) is 4.90 Å². The molecule has 0 radical (unpaired) electrons. The van der Waals surface area contributed by atoms with Crippen LogP contribution < -0.4 is 5.32 Å². The van der Waals surface area contributed by atoms with Gasteiger partial charge >= 0.3 is 12.0 Å². The minimum absolute atomic E-state index is 0.0862. The Hall–Kier alpha value is -1.27.